The summed E-state index contributed by atoms with van der Waals surface area (Å²) in [6.07, 6.45) is 0. The van der Waals surface area contributed by atoms with Crippen LogP contribution in [0.5, 0.6) is 11.5 Å². The van der Waals surface area contributed by atoms with Crippen LogP contribution in [0.2, 0.25) is 0 Å². The van der Waals surface area contributed by atoms with Crippen molar-refractivity contribution < 1.29 is 23.0 Å². The van der Waals surface area contributed by atoms with Crippen LogP contribution in [0.1, 0.15) is 15.9 Å². The Kier molecular flexibility index (Phi) is 4.52. The van der Waals surface area contributed by atoms with E-state index in [9.17, 15) is 13.6 Å². The van der Waals surface area contributed by atoms with Gasteiger partial charge >= 0.3 is 0 Å². The molecular weight excluding hydrogens is 278 g/mol. The predicted molar refractivity (Wildman–Crippen MR) is 73.9 cm³/mol. The maximum Gasteiger partial charge on any atom is 0.200 e. The highest BCUT2D eigenvalue weighted by atomic mass is 19.1. The molecule has 2 aromatic rings. The van der Waals surface area contributed by atoms with Gasteiger partial charge in [-0.3, -0.25) is 4.79 Å². The molecule has 0 saturated carbocycles. The van der Waals surface area contributed by atoms with Gasteiger partial charge < -0.3 is 9.47 Å². The molecule has 0 bridgehead atoms. The molecule has 0 aliphatic heterocycles. The van der Waals surface area contributed by atoms with Crippen LogP contribution in [-0.2, 0) is 0 Å². The van der Waals surface area contributed by atoms with Crippen molar-refractivity contribution in [1.82, 2.24) is 0 Å². The second-order valence-corrected chi connectivity index (χ2v) is 4.47. The third-order valence-electron chi connectivity index (χ3n) is 2.98. The van der Waals surface area contributed by atoms with Crippen LogP contribution < -0.4 is 9.47 Å². The number of aryl methyl sites for hydroxylation is 1. The fraction of sp³-hybridized carbons (Fsp3) is 0.188. The monoisotopic (exact) mass is 292 g/mol. The van der Waals surface area contributed by atoms with Gasteiger partial charge in [0.1, 0.15) is 11.6 Å². The minimum atomic E-state index is -0.620. The molecule has 0 unspecified atom stereocenters. The van der Waals surface area contributed by atoms with E-state index in [4.69, 9.17) is 9.47 Å². The molecule has 110 valence electrons. The molecule has 0 spiro atoms. The number of ketones is 1. The van der Waals surface area contributed by atoms with Gasteiger partial charge in [0, 0.05) is 11.6 Å². The van der Waals surface area contributed by atoms with Crippen molar-refractivity contribution in [2.75, 3.05) is 13.7 Å². The first kappa shape index (κ1) is 15.0. The third-order valence-corrected chi connectivity index (χ3v) is 2.98. The van der Waals surface area contributed by atoms with Crippen molar-refractivity contribution in [3.05, 3.63) is 59.2 Å². The molecule has 2 rings (SSSR count). The SMILES string of the molecule is COc1ccc(C(=O)COc2cc(F)ccc2C)cc1F. The van der Waals surface area contributed by atoms with Crippen LogP contribution in [0.15, 0.2) is 36.4 Å². The van der Waals surface area contributed by atoms with Crippen molar-refractivity contribution in [2.24, 2.45) is 0 Å². The Labute approximate surface area is 121 Å². The van der Waals surface area contributed by atoms with E-state index in [0.717, 1.165) is 6.07 Å². The maximum atomic E-state index is 13.5. The number of methoxy groups -OCH3 is 1. The summed E-state index contributed by atoms with van der Waals surface area (Å²) < 4.78 is 36.7. The molecule has 0 N–H and O–H groups in total. The van der Waals surface area contributed by atoms with E-state index in [1.807, 2.05) is 0 Å². The van der Waals surface area contributed by atoms with Gasteiger partial charge in [0.05, 0.1) is 7.11 Å². The summed E-state index contributed by atoms with van der Waals surface area (Å²) in [6.45, 7) is 1.45. The summed E-state index contributed by atoms with van der Waals surface area (Å²) in [5.41, 5.74) is 0.882. The lowest BCUT2D eigenvalue weighted by atomic mass is 10.1. The van der Waals surface area contributed by atoms with E-state index < -0.39 is 17.4 Å². The zero-order chi connectivity index (χ0) is 15.4. The Bertz CT molecular complexity index is 669. The number of hydrogen-bond donors (Lipinski definition) is 0. The smallest absolute Gasteiger partial charge is 0.200 e. The molecule has 5 heteroatoms. The van der Waals surface area contributed by atoms with E-state index in [1.165, 1.54) is 31.4 Å². The minimum Gasteiger partial charge on any atom is -0.494 e. The Morgan fingerprint density at radius 3 is 2.52 bits per heavy atom. The van der Waals surface area contributed by atoms with Gasteiger partial charge in [-0.1, -0.05) is 6.07 Å². The van der Waals surface area contributed by atoms with Gasteiger partial charge in [0.25, 0.3) is 0 Å². The number of rotatable bonds is 5. The van der Waals surface area contributed by atoms with Crippen LogP contribution in [0.4, 0.5) is 8.78 Å². The molecule has 3 nitrogen and oxygen atoms in total. The molecule has 21 heavy (non-hydrogen) atoms. The number of Topliss-reactive ketones (excluding diaryl/α,β-unsaturated/α-hetero) is 1. The molecule has 0 atom stereocenters. The van der Waals surface area contributed by atoms with Crippen LogP contribution in [0.25, 0.3) is 0 Å². The lowest BCUT2D eigenvalue weighted by Crippen LogP contribution is -2.12. The Balaban J connectivity index is 2.08. The Hall–Kier alpha value is -2.43. The first-order chi connectivity index (χ1) is 10.0. The van der Waals surface area contributed by atoms with Crippen molar-refractivity contribution in [3.8, 4) is 11.5 Å². The van der Waals surface area contributed by atoms with Gasteiger partial charge in [0.2, 0.25) is 0 Å². The number of halogens is 2. The first-order valence-corrected chi connectivity index (χ1v) is 6.27. The predicted octanol–water partition coefficient (Wildman–Crippen LogP) is 3.54. The van der Waals surface area contributed by atoms with Gasteiger partial charge in [-0.15, -0.1) is 0 Å². The van der Waals surface area contributed by atoms with E-state index in [-0.39, 0.29) is 23.7 Å². The molecule has 0 saturated heterocycles. The highest BCUT2D eigenvalue weighted by Gasteiger charge is 2.12. The summed E-state index contributed by atoms with van der Waals surface area (Å²) >= 11 is 0. The fourth-order valence-corrected chi connectivity index (χ4v) is 1.80. The molecule has 0 radical (unpaired) electrons. The Morgan fingerprint density at radius 2 is 1.86 bits per heavy atom. The normalized spacial score (nSPS) is 10.3. The van der Waals surface area contributed by atoms with E-state index in [0.29, 0.717) is 5.56 Å². The van der Waals surface area contributed by atoms with E-state index in [1.54, 1.807) is 13.0 Å². The number of carbonyl (C=O) groups excluding carboxylic acids is 1. The minimum absolute atomic E-state index is 0.0634. The molecule has 0 heterocycles. The Morgan fingerprint density at radius 1 is 1.10 bits per heavy atom. The van der Waals surface area contributed by atoms with Gasteiger partial charge in [0.15, 0.2) is 24.0 Å². The standard InChI is InChI=1S/C16H14F2O3/c1-10-3-5-12(17)8-16(10)21-9-14(19)11-4-6-15(20-2)13(18)7-11/h3-8H,9H2,1-2H3. The van der Waals surface area contributed by atoms with E-state index in [2.05, 4.69) is 0 Å². The lowest BCUT2D eigenvalue weighted by Gasteiger charge is -2.09. The first-order valence-electron chi connectivity index (χ1n) is 6.27. The van der Waals surface area contributed by atoms with Gasteiger partial charge in [-0.2, -0.15) is 0 Å². The van der Waals surface area contributed by atoms with Crippen molar-refractivity contribution in [3.63, 3.8) is 0 Å². The largest absolute Gasteiger partial charge is 0.494 e. The maximum absolute atomic E-state index is 13.5. The number of hydrogen-bond acceptors (Lipinski definition) is 3. The summed E-state index contributed by atoms with van der Waals surface area (Å²) in [5.74, 6) is -1.12. The summed E-state index contributed by atoms with van der Waals surface area (Å²) in [6, 6.07) is 7.98. The van der Waals surface area contributed by atoms with Crippen LogP contribution in [0, 0.1) is 18.6 Å². The molecular formula is C16H14F2O3. The topological polar surface area (TPSA) is 35.5 Å². The molecule has 0 aliphatic rings. The van der Waals surface area contributed by atoms with Crippen molar-refractivity contribution in [2.45, 2.75) is 6.92 Å². The van der Waals surface area contributed by atoms with Crippen LogP contribution >= 0.6 is 0 Å². The number of carbonyl (C=O) groups is 1. The zero-order valence-corrected chi connectivity index (χ0v) is 11.7. The average molecular weight is 292 g/mol. The summed E-state index contributed by atoms with van der Waals surface area (Å²) in [7, 11) is 1.34. The molecule has 0 fully saturated rings. The second-order valence-electron chi connectivity index (χ2n) is 4.47. The third kappa shape index (κ3) is 3.56. The molecule has 0 amide bonds. The molecule has 0 aromatic heterocycles. The van der Waals surface area contributed by atoms with E-state index >= 15 is 0 Å². The fourth-order valence-electron chi connectivity index (χ4n) is 1.80. The molecule has 2 aromatic carbocycles. The van der Waals surface area contributed by atoms with Gasteiger partial charge in [-0.05, 0) is 36.8 Å². The zero-order valence-electron chi connectivity index (χ0n) is 11.7. The number of ether oxygens (including phenoxy) is 2. The average Bonchev–Trinajstić information content (AvgIpc) is 2.47. The highest BCUT2D eigenvalue weighted by molar-refractivity contribution is 5.97. The van der Waals surface area contributed by atoms with Crippen LogP contribution in [-0.4, -0.2) is 19.5 Å². The highest BCUT2D eigenvalue weighted by Crippen LogP contribution is 2.20. The molecule has 0 aliphatic carbocycles. The van der Waals surface area contributed by atoms with Crippen molar-refractivity contribution >= 4 is 5.78 Å². The lowest BCUT2D eigenvalue weighted by molar-refractivity contribution is 0.0920. The quantitative estimate of drug-likeness (QED) is 0.791. The van der Waals surface area contributed by atoms with Crippen molar-refractivity contribution in [1.29, 1.82) is 0 Å². The second kappa shape index (κ2) is 6.35. The van der Waals surface area contributed by atoms with Crippen LogP contribution in [0.3, 0.4) is 0 Å². The summed E-state index contributed by atoms with van der Waals surface area (Å²) in [4.78, 5) is 11.9. The summed E-state index contributed by atoms with van der Waals surface area (Å²) in [5, 5.41) is 0. The number of benzene rings is 2. The van der Waals surface area contributed by atoms with Gasteiger partial charge in [-0.25, -0.2) is 8.78 Å².